The Morgan fingerprint density at radius 2 is 1.95 bits per heavy atom. The molecule has 0 radical (unpaired) electrons. The summed E-state index contributed by atoms with van der Waals surface area (Å²) in [5.74, 6) is -1.12. The fourth-order valence-electron chi connectivity index (χ4n) is 3.86. The van der Waals surface area contributed by atoms with Crippen molar-refractivity contribution in [2.45, 2.75) is 75.2 Å². The molecule has 21 heavy (non-hydrogen) atoms. The van der Waals surface area contributed by atoms with Crippen molar-refractivity contribution >= 4 is 0 Å². The molecule has 1 aliphatic carbocycles. The summed E-state index contributed by atoms with van der Waals surface area (Å²) in [6.45, 7) is 0. The Hall–Kier alpha value is -0.370. The van der Waals surface area contributed by atoms with Gasteiger partial charge in [-0.3, -0.25) is 0 Å². The maximum absolute atomic E-state index is 12.5. The lowest BCUT2D eigenvalue weighted by molar-refractivity contribution is -0.553. The van der Waals surface area contributed by atoms with E-state index < -0.39 is 30.3 Å². The lowest BCUT2D eigenvalue weighted by atomic mass is 9.73. The first-order valence-corrected chi connectivity index (χ1v) is 7.53. The molecule has 4 nitrogen and oxygen atoms in total. The van der Waals surface area contributed by atoms with Crippen LogP contribution in [0.4, 0.5) is 13.2 Å². The predicted molar refractivity (Wildman–Crippen MR) is 66.0 cm³/mol. The molecule has 4 rings (SSSR count). The van der Waals surface area contributed by atoms with Crippen LogP contribution in [0.2, 0.25) is 0 Å². The number of rotatable bonds is 3. The van der Waals surface area contributed by atoms with Crippen molar-refractivity contribution in [3.05, 3.63) is 0 Å². The predicted octanol–water partition coefficient (Wildman–Crippen LogP) is 3.70. The first kappa shape index (κ1) is 15.5. The standard InChI is InChI=1S/C14H21F3O4/c1-18-11-13-6-3-2-4-10(13)5-7-12(19-11,20-21-13)8-9-14(15,16)17/h10-11H,2-9H2,1H3/t10-,11?,12+,13+/m1/s1. The van der Waals surface area contributed by atoms with Crippen LogP contribution in [0.3, 0.4) is 0 Å². The first-order chi connectivity index (χ1) is 9.89. The Morgan fingerprint density at radius 3 is 2.67 bits per heavy atom. The zero-order chi connectivity index (χ0) is 15.1. The van der Waals surface area contributed by atoms with E-state index in [4.69, 9.17) is 19.2 Å². The highest BCUT2D eigenvalue weighted by Crippen LogP contribution is 2.53. The van der Waals surface area contributed by atoms with Gasteiger partial charge in [0.05, 0.1) is 0 Å². The summed E-state index contributed by atoms with van der Waals surface area (Å²) in [6.07, 6.45) is -1.14. The van der Waals surface area contributed by atoms with Crippen molar-refractivity contribution in [1.29, 1.82) is 0 Å². The largest absolute Gasteiger partial charge is 0.389 e. The Balaban J connectivity index is 1.81. The summed E-state index contributed by atoms with van der Waals surface area (Å²) in [5.41, 5.74) is -0.661. The maximum atomic E-state index is 12.5. The number of hydrogen-bond acceptors (Lipinski definition) is 4. The van der Waals surface area contributed by atoms with Crippen LogP contribution in [0, 0.1) is 5.92 Å². The number of fused-ring (bicyclic) bond motifs is 3. The highest BCUT2D eigenvalue weighted by Gasteiger charge is 2.61. The van der Waals surface area contributed by atoms with E-state index in [-0.39, 0.29) is 12.3 Å². The molecular weight excluding hydrogens is 289 g/mol. The Morgan fingerprint density at radius 1 is 1.14 bits per heavy atom. The van der Waals surface area contributed by atoms with Crippen molar-refractivity contribution in [3.8, 4) is 0 Å². The van der Waals surface area contributed by atoms with Gasteiger partial charge in [0.25, 0.3) is 0 Å². The van der Waals surface area contributed by atoms with Gasteiger partial charge in [-0.25, -0.2) is 9.78 Å². The summed E-state index contributed by atoms with van der Waals surface area (Å²) in [4.78, 5) is 11.0. The molecule has 3 heterocycles. The minimum atomic E-state index is -4.24. The van der Waals surface area contributed by atoms with Crippen molar-refractivity contribution in [2.24, 2.45) is 5.92 Å². The van der Waals surface area contributed by atoms with Gasteiger partial charge in [-0.2, -0.15) is 13.2 Å². The van der Waals surface area contributed by atoms with Crippen molar-refractivity contribution < 1.29 is 32.4 Å². The van der Waals surface area contributed by atoms with E-state index in [1.165, 1.54) is 7.11 Å². The second kappa shape index (κ2) is 5.37. The molecule has 0 aromatic rings. The third-order valence-corrected chi connectivity index (χ3v) is 5.01. The minimum absolute atomic E-state index is 0.214. The topological polar surface area (TPSA) is 36.9 Å². The lowest BCUT2D eigenvalue weighted by Gasteiger charge is -2.49. The molecule has 4 fully saturated rings. The maximum Gasteiger partial charge on any atom is 0.389 e. The van der Waals surface area contributed by atoms with Gasteiger partial charge < -0.3 is 9.47 Å². The van der Waals surface area contributed by atoms with Crippen LogP contribution in [-0.2, 0) is 19.2 Å². The fourth-order valence-corrected chi connectivity index (χ4v) is 3.86. The van der Waals surface area contributed by atoms with Crippen molar-refractivity contribution in [3.63, 3.8) is 0 Å². The number of methoxy groups -OCH3 is 1. The molecule has 4 aliphatic rings. The Kier molecular flexibility index (Phi) is 3.97. The van der Waals surface area contributed by atoms with Gasteiger partial charge >= 0.3 is 6.18 Å². The SMILES string of the molecule is COC1O[C@@]2(CCC(F)(F)F)CC[C@H]3CCCC[C@@]13OO2. The second-order valence-electron chi connectivity index (χ2n) is 6.31. The molecule has 1 saturated carbocycles. The van der Waals surface area contributed by atoms with E-state index in [1.54, 1.807) is 0 Å². The van der Waals surface area contributed by atoms with Gasteiger partial charge in [0.15, 0.2) is 11.9 Å². The molecule has 3 aliphatic heterocycles. The first-order valence-electron chi connectivity index (χ1n) is 7.53. The average Bonchev–Trinajstić information content (AvgIpc) is 2.70. The molecule has 0 amide bonds. The number of ether oxygens (including phenoxy) is 2. The monoisotopic (exact) mass is 310 g/mol. The molecule has 122 valence electrons. The average molecular weight is 310 g/mol. The second-order valence-corrected chi connectivity index (χ2v) is 6.31. The number of halogens is 3. The van der Waals surface area contributed by atoms with Crippen LogP contribution < -0.4 is 0 Å². The number of alkyl halides is 3. The van der Waals surface area contributed by atoms with Gasteiger partial charge in [0.1, 0.15) is 0 Å². The van der Waals surface area contributed by atoms with Gasteiger partial charge in [-0.05, 0) is 25.2 Å². The van der Waals surface area contributed by atoms with Crippen LogP contribution in [0.25, 0.3) is 0 Å². The van der Waals surface area contributed by atoms with Crippen LogP contribution in [-0.4, -0.2) is 31.0 Å². The summed E-state index contributed by atoms with van der Waals surface area (Å²) < 4.78 is 48.8. The van der Waals surface area contributed by atoms with E-state index >= 15 is 0 Å². The van der Waals surface area contributed by atoms with E-state index in [2.05, 4.69) is 0 Å². The van der Waals surface area contributed by atoms with E-state index in [0.29, 0.717) is 6.42 Å². The molecule has 7 heteroatoms. The van der Waals surface area contributed by atoms with Crippen LogP contribution in [0.15, 0.2) is 0 Å². The molecule has 2 bridgehead atoms. The van der Waals surface area contributed by atoms with E-state index in [9.17, 15) is 13.2 Å². The molecule has 0 aromatic heterocycles. The van der Waals surface area contributed by atoms with Crippen molar-refractivity contribution in [1.82, 2.24) is 0 Å². The number of hydrogen-bond donors (Lipinski definition) is 0. The highest BCUT2D eigenvalue weighted by atomic mass is 19.4. The summed E-state index contributed by atoms with van der Waals surface area (Å²) in [6, 6.07) is 0. The summed E-state index contributed by atoms with van der Waals surface area (Å²) in [5, 5.41) is 0. The van der Waals surface area contributed by atoms with Gasteiger partial charge in [-0.15, -0.1) is 0 Å². The van der Waals surface area contributed by atoms with Gasteiger partial charge in [-0.1, -0.05) is 12.8 Å². The summed E-state index contributed by atoms with van der Waals surface area (Å²) in [7, 11) is 1.51. The van der Waals surface area contributed by atoms with Crippen LogP contribution in [0.1, 0.15) is 51.4 Å². The van der Waals surface area contributed by atoms with Crippen LogP contribution >= 0.6 is 0 Å². The quantitative estimate of drug-likeness (QED) is 0.745. The zero-order valence-corrected chi connectivity index (χ0v) is 12.1. The van der Waals surface area contributed by atoms with E-state index in [0.717, 1.165) is 32.1 Å². The molecule has 1 unspecified atom stereocenters. The fraction of sp³-hybridized carbons (Fsp3) is 1.00. The molecule has 0 aromatic carbocycles. The Labute approximate surface area is 121 Å². The molecular formula is C14H21F3O4. The highest BCUT2D eigenvalue weighted by molar-refractivity contribution is 4.99. The minimum Gasteiger partial charge on any atom is -0.353 e. The summed E-state index contributed by atoms with van der Waals surface area (Å²) >= 11 is 0. The smallest absolute Gasteiger partial charge is 0.353 e. The lowest BCUT2D eigenvalue weighted by Crippen LogP contribution is -2.60. The van der Waals surface area contributed by atoms with Gasteiger partial charge in [0, 0.05) is 26.4 Å². The molecule has 1 spiro atoms. The van der Waals surface area contributed by atoms with E-state index in [1.807, 2.05) is 0 Å². The molecule has 0 N–H and O–H groups in total. The Bertz CT molecular complexity index is 385. The van der Waals surface area contributed by atoms with Crippen LogP contribution in [0.5, 0.6) is 0 Å². The van der Waals surface area contributed by atoms with Gasteiger partial charge in [0.2, 0.25) is 5.79 Å². The molecule has 3 saturated heterocycles. The normalized spacial score (nSPS) is 43.4. The zero-order valence-electron chi connectivity index (χ0n) is 12.1. The third-order valence-electron chi connectivity index (χ3n) is 5.01. The molecule has 4 atom stereocenters. The third kappa shape index (κ3) is 2.81. The van der Waals surface area contributed by atoms with Crippen molar-refractivity contribution in [2.75, 3.05) is 7.11 Å².